The smallest absolute Gasteiger partial charge is 0.312 e. The summed E-state index contributed by atoms with van der Waals surface area (Å²) < 4.78 is 5.40. The van der Waals surface area contributed by atoms with Gasteiger partial charge in [-0.3, -0.25) is 9.59 Å². The molecule has 0 spiro atoms. The van der Waals surface area contributed by atoms with Gasteiger partial charge < -0.3 is 32.2 Å². The van der Waals surface area contributed by atoms with Crippen LogP contribution in [0.2, 0.25) is 0 Å². The Morgan fingerprint density at radius 1 is 1.12 bits per heavy atom. The summed E-state index contributed by atoms with van der Waals surface area (Å²) >= 11 is 0. The molecule has 0 aliphatic heterocycles. The van der Waals surface area contributed by atoms with Gasteiger partial charge in [0.05, 0.1) is 12.5 Å². The largest absolute Gasteiger partial charge is 0.424 e. The number of nitrogens with one attached hydrogen (secondary N) is 1. The number of benzene rings is 1. The fraction of sp³-hybridized carbons (Fsp3) is 0.409. The Morgan fingerprint density at radius 3 is 2.55 bits per heavy atom. The zero-order valence-corrected chi connectivity index (χ0v) is 19.0. The van der Waals surface area contributed by atoms with Crippen LogP contribution in [0, 0.1) is 0 Å². The van der Waals surface area contributed by atoms with Crippen molar-refractivity contribution in [3.05, 3.63) is 36.4 Å². The van der Waals surface area contributed by atoms with E-state index >= 15 is 0 Å². The van der Waals surface area contributed by atoms with Crippen molar-refractivity contribution < 1.29 is 14.3 Å². The monoisotopic (exact) mass is 456 g/mol. The summed E-state index contributed by atoms with van der Waals surface area (Å²) in [6.45, 7) is 1.14. The van der Waals surface area contributed by atoms with E-state index in [0.717, 1.165) is 12.8 Å². The third kappa shape index (κ3) is 8.93. The second kappa shape index (κ2) is 13.2. The number of nitrogen functional groups attached to an aromatic ring is 1. The Hall–Kier alpha value is -3.41. The summed E-state index contributed by atoms with van der Waals surface area (Å²) in [6.07, 6.45) is 2.36. The molecule has 1 amide bonds. The first-order valence-corrected chi connectivity index (χ1v) is 10.7. The molecule has 0 fully saturated rings. The average Bonchev–Trinajstić information content (AvgIpc) is 2.78. The molecule has 0 unspecified atom stereocenters. The van der Waals surface area contributed by atoms with Gasteiger partial charge in [-0.25, -0.2) is 4.98 Å². The molecule has 33 heavy (non-hydrogen) atoms. The first-order valence-electron chi connectivity index (χ1n) is 10.7. The highest BCUT2D eigenvalue weighted by molar-refractivity contribution is 5.94. The van der Waals surface area contributed by atoms with Crippen molar-refractivity contribution in [2.45, 2.75) is 31.7 Å². The van der Waals surface area contributed by atoms with Crippen LogP contribution in [0.15, 0.2) is 46.6 Å². The highest BCUT2D eigenvalue weighted by Crippen LogP contribution is 2.30. The van der Waals surface area contributed by atoms with Crippen LogP contribution in [0.5, 0.6) is 5.75 Å². The van der Waals surface area contributed by atoms with Gasteiger partial charge in [-0.15, -0.1) is 10.2 Å². The molecule has 0 saturated heterocycles. The predicted octanol–water partition coefficient (Wildman–Crippen LogP) is 2.33. The molecule has 0 saturated carbocycles. The number of azo groups is 1. The fourth-order valence-corrected chi connectivity index (χ4v) is 2.70. The molecule has 178 valence electrons. The van der Waals surface area contributed by atoms with Gasteiger partial charge in [0.15, 0.2) is 11.6 Å². The number of rotatable bonds is 12. The van der Waals surface area contributed by atoms with Crippen LogP contribution in [0.4, 0.5) is 23.0 Å². The standard InChI is InChI=1S/C22H32N8O3/c1-30(2)14-12-20(31)33-18-9-4-3-8-16(18)28-29-17-10-11-19(26-21(17)25)27-22(32)15(24)7-5-6-13-23/h3-4,8-11,15H,5-7,12-14,23-24H2,1-2H3,(H3,25,26,27,32)/b29-28+/t15-/m0/s1. The van der Waals surface area contributed by atoms with E-state index in [2.05, 4.69) is 20.5 Å². The number of nitrogens with zero attached hydrogens (tertiary/aromatic N) is 4. The third-order valence-corrected chi connectivity index (χ3v) is 4.58. The van der Waals surface area contributed by atoms with E-state index in [1.807, 2.05) is 19.0 Å². The highest BCUT2D eigenvalue weighted by atomic mass is 16.5. The second-order valence-corrected chi connectivity index (χ2v) is 7.68. The number of anilines is 2. The van der Waals surface area contributed by atoms with E-state index in [1.54, 1.807) is 36.4 Å². The van der Waals surface area contributed by atoms with E-state index in [1.165, 1.54) is 0 Å². The minimum Gasteiger partial charge on any atom is -0.424 e. The van der Waals surface area contributed by atoms with Crippen LogP contribution in [0.3, 0.4) is 0 Å². The first-order chi connectivity index (χ1) is 15.8. The summed E-state index contributed by atoms with van der Waals surface area (Å²) in [5.74, 6) is -0.0779. The molecule has 1 heterocycles. The van der Waals surface area contributed by atoms with Crippen molar-refractivity contribution in [1.29, 1.82) is 0 Å². The van der Waals surface area contributed by atoms with Crippen molar-refractivity contribution in [3.8, 4) is 5.75 Å². The molecule has 2 aromatic rings. The molecule has 11 heteroatoms. The Morgan fingerprint density at radius 2 is 1.85 bits per heavy atom. The summed E-state index contributed by atoms with van der Waals surface area (Å²) in [4.78, 5) is 30.3. The highest BCUT2D eigenvalue weighted by Gasteiger charge is 2.14. The van der Waals surface area contributed by atoms with Gasteiger partial charge in [-0.1, -0.05) is 18.6 Å². The summed E-state index contributed by atoms with van der Waals surface area (Å²) in [5.41, 5.74) is 18.0. The van der Waals surface area contributed by atoms with Crippen LogP contribution in [-0.2, 0) is 9.59 Å². The SMILES string of the molecule is CN(C)CCC(=O)Oc1ccccc1/N=N/c1ccc(NC(=O)[C@@H](N)CCCCN)nc1N. The van der Waals surface area contributed by atoms with Gasteiger partial charge in [0.2, 0.25) is 5.91 Å². The van der Waals surface area contributed by atoms with Crippen LogP contribution in [0.1, 0.15) is 25.7 Å². The minimum absolute atomic E-state index is 0.0775. The number of carbonyl (C=O) groups is 2. The zero-order valence-electron chi connectivity index (χ0n) is 19.0. The summed E-state index contributed by atoms with van der Waals surface area (Å²) in [6, 6.07) is 9.27. The quantitative estimate of drug-likeness (QED) is 0.163. The number of aromatic nitrogens is 1. The molecular weight excluding hydrogens is 424 g/mol. The van der Waals surface area contributed by atoms with Gasteiger partial charge >= 0.3 is 5.97 Å². The number of pyridine rings is 1. The van der Waals surface area contributed by atoms with Crippen LogP contribution < -0.4 is 27.3 Å². The Bertz CT molecular complexity index is 964. The maximum atomic E-state index is 12.2. The minimum atomic E-state index is -0.657. The number of nitrogens with two attached hydrogens (primary N) is 3. The zero-order chi connectivity index (χ0) is 24.2. The topological polar surface area (TPSA) is 174 Å². The third-order valence-electron chi connectivity index (χ3n) is 4.58. The molecule has 11 nitrogen and oxygen atoms in total. The van der Waals surface area contributed by atoms with Crippen molar-refractivity contribution in [1.82, 2.24) is 9.88 Å². The average molecular weight is 457 g/mol. The predicted molar refractivity (Wildman–Crippen MR) is 128 cm³/mol. The lowest BCUT2D eigenvalue weighted by Crippen LogP contribution is -2.35. The Balaban J connectivity index is 2.03. The molecule has 1 atom stereocenters. The molecule has 0 aliphatic carbocycles. The first kappa shape index (κ1) is 25.8. The lowest BCUT2D eigenvalue weighted by molar-refractivity contribution is -0.134. The Labute approximate surface area is 193 Å². The normalized spacial score (nSPS) is 12.2. The molecule has 1 aromatic heterocycles. The van der Waals surface area contributed by atoms with Crippen LogP contribution >= 0.6 is 0 Å². The van der Waals surface area contributed by atoms with Gasteiger partial charge in [-0.05, 0) is 57.7 Å². The van der Waals surface area contributed by atoms with Gasteiger partial charge in [-0.2, -0.15) is 0 Å². The number of carbonyl (C=O) groups excluding carboxylic acids is 2. The molecule has 7 N–H and O–H groups in total. The molecule has 2 rings (SSSR count). The Kier molecular flexibility index (Phi) is 10.3. The number of ether oxygens (including phenoxy) is 1. The van der Waals surface area contributed by atoms with Crippen molar-refractivity contribution in [2.24, 2.45) is 21.7 Å². The second-order valence-electron chi connectivity index (χ2n) is 7.68. The maximum Gasteiger partial charge on any atom is 0.312 e. The summed E-state index contributed by atoms with van der Waals surface area (Å²) in [7, 11) is 3.75. The van der Waals surface area contributed by atoms with Gasteiger partial charge in [0, 0.05) is 6.54 Å². The van der Waals surface area contributed by atoms with E-state index < -0.39 is 6.04 Å². The molecular formula is C22H32N8O3. The number of unbranched alkanes of at least 4 members (excludes halogenated alkanes) is 1. The van der Waals surface area contributed by atoms with Gasteiger partial charge in [0.1, 0.15) is 17.2 Å². The van der Waals surface area contributed by atoms with E-state index in [4.69, 9.17) is 21.9 Å². The maximum absolute atomic E-state index is 12.2. The van der Waals surface area contributed by atoms with E-state index in [9.17, 15) is 9.59 Å². The van der Waals surface area contributed by atoms with E-state index in [0.29, 0.717) is 36.6 Å². The molecule has 0 bridgehead atoms. The van der Waals surface area contributed by atoms with Gasteiger partial charge in [0.25, 0.3) is 0 Å². The number of esters is 1. The van der Waals surface area contributed by atoms with Crippen LogP contribution in [-0.4, -0.2) is 55.0 Å². The number of para-hydroxylation sites is 1. The lowest BCUT2D eigenvalue weighted by Gasteiger charge is -2.12. The molecule has 0 radical (unpaired) electrons. The summed E-state index contributed by atoms with van der Waals surface area (Å²) in [5, 5.41) is 10.9. The van der Waals surface area contributed by atoms with Crippen LogP contribution in [0.25, 0.3) is 0 Å². The molecule has 0 aliphatic rings. The number of hydrogen-bond donors (Lipinski definition) is 4. The number of amides is 1. The number of hydrogen-bond acceptors (Lipinski definition) is 10. The van der Waals surface area contributed by atoms with Crippen molar-refractivity contribution >= 4 is 34.9 Å². The van der Waals surface area contributed by atoms with Crippen molar-refractivity contribution in [3.63, 3.8) is 0 Å². The fourth-order valence-electron chi connectivity index (χ4n) is 2.70. The lowest BCUT2D eigenvalue weighted by atomic mass is 10.1. The van der Waals surface area contributed by atoms with Crippen molar-refractivity contribution in [2.75, 3.05) is 38.2 Å². The molecule has 1 aromatic carbocycles. The van der Waals surface area contributed by atoms with E-state index in [-0.39, 0.29) is 29.9 Å².